The van der Waals surface area contributed by atoms with Crippen molar-refractivity contribution in [3.63, 3.8) is 0 Å². The molecule has 0 bridgehead atoms. The largest absolute Gasteiger partial charge is 0.465 e. The van der Waals surface area contributed by atoms with Crippen LogP contribution in [-0.2, 0) is 6.42 Å². The van der Waals surface area contributed by atoms with Gasteiger partial charge in [-0.3, -0.25) is 0 Å². The molecule has 0 spiro atoms. The molecule has 19 heavy (non-hydrogen) atoms. The summed E-state index contributed by atoms with van der Waals surface area (Å²) in [4.78, 5) is 12.9. The number of hydrogen-bond donors (Lipinski definition) is 2. The molecular weight excluding hydrogens is 240 g/mol. The number of rotatable bonds is 2. The zero-order valence-electron chi connectivity index (χ0n) is 11.8. The first-order valence-electron chi connectivity index (χ1n) is 6.64. The van der Waals surface area contributed by atoms with Crippen molar-refractivity contribution in [2.45, 2.75) is 44.7 Å². The van der Waals surface area contributed by atoms with Crippen molar-refractivity contribution in [2.24, 2.45) is 5.73 Å². The molecule has 4 nitrogen and oxygen atoms in total. The van der Waals surface area contributed by atoms with Crippen LogP contribution in [0.3, 0.4) is 0 Å². The van der Waals surface area contributed by atoms with E-state index in [4.69, 9.17) is 5.73 Å². The van der Waals surface area contributed by atoms with Crippen LogP contribution in [0.25, 0.3) is 0 Å². The van der Waals surface area contributed by atoms with Crippen molar-refractivity contribution in [3.8, 4) is 0 Å². The Labute approximate surface area is 114 Å². The summed E-state index contributed by atoms with van der Waals surface area (Å²) in [5.41, 5.74) is 8.24. The molecule has 0 aromatic heterocycles. The molecule has 0 aliphatic heterocycles. The van der Waals surface area contributed by atoms with E-state index in [2.05, 4.69) is 12.1 Å². The minimum atomic E-state index is -0.885. The van der Waals surface area contributed by atoms with E-state index in [1.165, 1.54) is 16.0 Å². The maximum atomic E-state index is 11.4. The standard InChI is InChI=1S/C15H22N2O2/c1-15(2,3)17(14(18)19)9-12-11-7-5-4-6-10(11)8-13(12)16/h4-7,12-13H,8-9,16H2,1-3H3,(H,18,19)/t12-,13+/m0/s1. The van der Waals surface area contributed by atoms with Crippen molar-refractivity contribution in [1.29, 1.82) is 0 Å². The van der Waals surface area contributed by atoms with E-state index in [-0.39, 0.29) is 12.0 Å². The number of nitrogens with zero attached hydrogens (tertiary/aromatic N) is 1. The smallest absolute Gasteiger partial charge is 0.407 e. The SMILES string of the molecule is CC(C)(C)N(C[C@H]1c2ccccc2C[C@H]1N)C(=O)O. The van der Waals surface area contributed by atoms with Crippen LogP contribution in [0.15, 0.2) is 24.3 Å². The van der Waals surface area contributed by atoms with Crippen molar-refractivity contribution >= 4 is 6.09 Å². The first kappa shape index (κ1) is 13.9. The average Bonchev–Trinajstić information content (AvgIpc) is 2.59. The van der Waals surface area contributed by atoms with Crippen LogP contribution >= 0.6 is 0 Å². The Kier molecular flexibility index (Phi) is 3.54. The average molecular weight is 262 g/mol. The lowest BCUT2D eigenvalue weighted by Crippen LogP contribution is -2.48. The molecule has 2 rings (SSSR count). The molecule has 0 saturated heterocycles. The predicted octanol–water partition coefficient (Wildman–Crippen LogP) is 2.43. The number of nitrogens with two attached hydrogens (primary N) is 1. The van der Waals surface area contributed by atoms with Crippen LogP contribution in [0.2, 0.25) is 0 Å². The van der Waals surface area contributed by atoms with Crippen LogP contribution in [-0.4, -0.2) is 34.2 Å². The van der Waals surface area contributed by atoms with Gasteiger partial charge in [-0.2, -0.15) is 0 Å². The Morgan fingerprint density at radius 2 is 2.05 bits per heavy atom. The molecule has 1 aromatic carbocycles. The van der Waals surface area contributed by atoms with Crippen LogP contribution in [0.4, 0.5) is 4.79 Å². The van der Waals surface area contributed by atoms with E-state index in [1.54, 1.807) is 0 Å². The van der Waals surface area contributed by atoms with E-state index >= 15 is 0 Å². The van der Waals surface area contributed by atoms with Gasteiger partial charge in [0.25, 0.3) is 0 Å². The summed E-state index contributed by atoms with van der Waals surface area (Å²) >= 11 is 0. The van der Waals surface area contributed by atoms with Crippen molar-refractivity contribution in [2.75, 3.05) is 6.54 Å². The van der Waals surface area contributed by atoms with Crippen molar-refractivity contribution in [1.82, 2.24) is 4.90 Å². The van der Waals surface area contributed by atoms with Crippen molar-refractivity contribution < 1.29 is 9.90 Å². The van der Waals surface area contributed by atoms with Gasteiger partial charge in [-0.05, 0) is 38.3 Å². The summed E-state index contributed by atoms with van der Waals surface area (Å²) in [7, 11) is 0. The van der Waals surface area contributed by atoms with Gasteiger partial charge in [-0.25, -0.2) is 4.79 Å². The third-order valence-electron chi connectivity index (χ3n) is 3.85. The lowest BCUT2D eigenvalue weighted by molar-refractivity contribution is 0.0946. The Bertz CT molecular complexity index is 479. The second kappa shape index (κ2) is 4.85. The highest BCUT2D eigenvalue weighted by Gasteiger charge is 2.35. The normalized spacial score (nSPS) is 22.1. The zero-order valence-corrected chi connectivity index (χ0v) is 11.8. The fraction of sp³-hybridized carbons (Fsp3) is 0.533. The molecule has 0 radical (unpaired) electrons. The van der Waals surface area contributed by atoms with Gasteiger partial charge in [-0.15, -0.1) is 0 Å². The second-order valence-corrected chi connectivity index (χ2v) is 6.24. The predicted molar refractivity (Wildman–Crippen MR) is 75.3 cm³/mol. The summed E-state index contributed by atoms with van der Waals surface area (Å²) in [6.45, 7) is 6.19. The van der Waals surface area contributed by atoms with Crippen LogP contribution < -0.4 is 5.73 Å². The summed E-state index contributed by atoms with van der Waals surface area (Å²) in [6, 6.07) is 8.15. The highest BCUT2D eigenvalue weighted by atomic mass is 16.4. The van der Waals surface area contributed by atoms with E-state index in [9.17, 15) is 9.90 Å². The quantitative estimate of drug-likeness (QED) is 0.860. The highest BCUT2D eigenvalue weighted by Crippen LogP contribution is 2.34. The fourth-order valence-electron chi connectivity index (χ4n) is 2.78. The number of amides is 1. The molecule has 3 N–H and O–H groups in total. The Morgan fingerprint density at radius 3 is 2.63 bits per heavy atom. The number of carbonyl (C=O) groups is 1. The lowest BCUT2D eigenvalue weighted by atomic mass is 9.95. The van der Waals surface area contributed by atoms with Gasteiger partial charge in [0.05, 0.1) is 0 Å². The Balaban J connectivity index is 2.25. The van der Waals surface area contributed by atoms with Gasteiger partial charge in [0, 0.05) is 24.0 Å². The van der Waals surface area contributed by atoms with Crippen LogP contribution in [0.5, 0.6) is 0 Å². The molecular formula is C15H22N2O2. The fourth-order valence-corrected chi connectivity index (χ4v) is 2.78. The number of benzene rings is 1. The number of carboxylic acid groups (broad SMARTS) is 1. The first-order valence-corrected chi connectivity index (χ1v) is 6.64. The molecule has 1 aliphatic carbocycles. The summed E-state index contributed by atoms with van der Waals surface area (Å²) < 4.78 is 0. The molecule has 1 aliphatic rings. The monoisotopic (exact) mass is 262 g/mol. The van der Waals surface area contributed by atoms with Gasteiger partial charge in [-0.1, -0.05) is 24.3 Å². The summed E-state index contributed by atoms with van der Waals surface area (Å²) in [6.07, 6.45) is -0.0533. The van der Waals surface area contributed by atoms with Gasteiger partial charge >= 0.3 is 6.09 Å². The molecule has 4 heteroatoms. The summed E-state index contributed by atoms with van der Waals surface area (Å²) in [5.74, 6) is 0.0894. The van der Waals surface area contributed by atoms with Gasteiger partial charge in [0.2, 0.25) is 0 Å². The minimum Gasteiger partial charge on any atom is -0.465 e. The number of hydrogen-bond acceptors (Lipinski definition) is 2. The van der Waals surface area contributed by atoms with Gasteiger partial charge in [0.1, 0.15) is 0 Å². The minimum absolute atomic E-state index is 0.00148. The maximum absolute atomic E-state index is 11.4. The van der Waals surface area contributed by atoms with E-state index in [0.29, 0.717) is 6.54 Å². The number of fused-ring (bicyclic) bond motifs is 1. The van der Waals surface area contributed by atoms with Gasteiger partial charge < -0.3 is 15.7 Å². The molecule has 0 heterocycles. The second-order valence-electron chi connectivity index (χ2n) is 6.24. The van der Waals surface area contributed by atoms with E-state index in [1.807, 2.05) is 32.9 Å². The molecule has 2 atom stereocenters. The third-order valence-corrected chi connectivity index (χ3v) is 3.85. The third kappa shape index (κ3) is 2.73. The topological polar surface area (TPSA) is 66.6 Å². The Morgan fingerprint density at radius 1 is 1.42 bits per heavy atom. The maximum Gasteiger partial charge on any atom is 0.407 e. The molecule has 0 saturated carbocycles. The van der Waals surface area contributed by atoms with E-state index in [0.717, 1.165) is 6.42 Å². The van der Waals surface area contributed by atoms with Crippen LogP contribution in [0.1, 0.15) is 37.8 Å². The van der Waals surface area contributed by atoms with Gasteiger partial charge in [0.15, 0.2) is 0 Å². The molecule has 1 amide bonds. The molecule has 0 unspecified atom stereocenters. The first-order chi connectivity index (χ1) is 8.80. The van der Waals surface area contributed by atoms with E-state index < -0.39 is 11.6 Å². The zero-order chi connectivity index (χ0) is 14.2. The lowest BCUT2D eigenvalue weighted by Gasteiger charge is -2.36. The highest BCUT2D eigenvalue weighted by molar-refractivity contribution is 5.66. The molecule has 1 aromatic rings. The molecule has 0 fully saturated rings. The summed E-state index contributed by atoms with van der Waals surface area (Å²) in [5, 5.41) is 9.39. The molecule has 104 valence electrons. The van der Waals surface area contributed by atoms with Crippen LogP contribution in [0, 0.1) is 0 Å². The van der Waals surface area contributed by atoms with Crippen molar-refractivity contribution in [3.05, 3.63) is 35.4 Å². The Hall–Kier alpha value is -1.55.